The maximum atomic E-state index is 11.6. The van der Waals surface area contributed by atoms with Gasteiger partial charge in [0.05, 0.1) is 33.2 Å². The van der Waals surface area contributed by atoms with Gasteiger partial charge in [0.25, 0.3) is 5.79 Å². The van der Waals surface area contributed by atoms with Crippen molar-refractivity contribution < 1.29 is 33.6 Å². The van der Waals surface area contributed by atoms with Gasteiger partial charge in [0.1, 0.15) is 17.2 Å². The summed E-state index contributed by atoms with van der Waals surface area (Å²) in [4.78, 5) is 22.0. The van der Waals surface area contributed by atoms with Gasteiger partial charge in [-0.25, -0.2) is 4.79 Å². The lowest BCUT2D eigenvalue weighted by molar-refractivity contribution is -0.116. The Morgan fingerprint density at radius 2 is 1.80 bits per heavy atom. The molecule has 1 atom stereocenters. The minimum Gasteiger partial charge on any atom is -0.497 e. The summed E-state index contributed by atoms with van der Waals surface area (Å²) < 4.78 is 27.5. The molecule has 1 aliphatic carbocycles. The van der Waals surface area contributed by atoms with Gasteiger partial charge in [0.15, 0.2) is 18.1 Å². The van der Waals surface area contributed by atoms with Crippen molar-refractivity contribution >= 4 is 29.3 Å². The maximum Gasteiger partial charge on any atom is 0.340 e. The Bertz CT molecular complexity index is 1280. The molecule has 2 aromatic rings. The smallest absolute Gasteiger partial charge is 0.340 e. The first-order chi connectivity index (χ1) is 19.7. The fraction of sp³-hybridized carbons (Fsp3) is 0.483. The topological polar surface area (TPSA) is 128 Å². The molecule has 222 valence electrons. The number of alkyl halides is 1. The van der Waals surface area contributed by atoms with Crippen LogP contribution in [0.3, 0.4) is 0 Å². The maximum absolute atomic E-state index is 11.6. The summed E-state index contributed by atoms with van der Waals surface area (Å²) in [5.41, 5.74) is 2.17. The van der Waals surface area contributed by atoms with E-state index in [1.165, 1.54) is 0 Å². The number of aliphatic hydroxyl groups is 1. The third-order valence-electron chi connectivity index (χ3n) is 7.39. The minimum atomic E-state index is -1.58. The molecular formula is C29H36ClN3O8. The number of amides is 2. The highest BCUT2D eigenvalue weighted by Crippen LogP contribution is 2.49. The number of nitroso groups, excluding NO2 is 1. The van der Waals surface area contributed by atoms with Gasteiger partial charge in [0.2, 0.25) is 0 Å². The van der Waals surface area contributed by atoms with E-state index in [-0.39, 0.29) is 25.1 Å². The summed E-state index contributed by atoms with van der Waals surface area (Å²) in [6.07, 6.45) is 6.08. The number of halogens is 1. The molecule has 0 bridgehead atoms. The van der Waals surface area contributed by atoms with Crippen molar-refractivity contribution in [2.24, 2.45) is 11.2 Å². The van der Waals surface area contributed by atoms with Crippen molar-refractivity contribution in [1.82, 2.24) is 10.3 Å². The molecule has 0 aromatic heterocycles. The largest absolute Gasteiger partial charge is 0.497 e. The normalized spacial score (nSPS) is 22.0. The second-order valence-corrected chi connectivity index (χ2v) is 10.5. The Morgan fingerprint density at radius 1 is 1.10 bits per heavy atom. The number of nitrogens with zero attached hydrogens (tertiary/aromatic N) is 2. The van der Waals surface area contributed by atoms with E-state index in [4.69, 9.17) is 35.3 Å². The molecule has 11 nitrogen and oxygen atoms in total. The van der Waals surface area contributed by atoms with Crippen molar-refractivity contribution in [3.8, 4) is 28.7 Å². The lowest BCUT2D eigenvalue weighted by atomic mass is 9.87. The summed E-state index contributed by atoms with van der Waals surface area (Å²) in [7, 11) is 4.71. The number of hydrogen-bond donors (Lipinski definition) is 2. The Labute approximate surface area is 244 Å². The van der Waals surface area contributed by atoms with E-state index in [0.29, 0.717) is 39.9 Å². The highest BCUT2D eigenvalue weighted by atomic mass is 35.5. The molecular weight excluding hydrogens is 554 g/mol. The average molecular weight is 590 g/mol. The fourth-order valence-electron chi connectivity index (χ4n) is 5.03. The second kappa shape index (κ2) is 13.3. The van der Waals surface area contributed by atoms with E-state index in [0.717, 1.165) is 42.2 Å². The quantitative estimate of drug-likeness (QED) is 0.255. The SMILES string of the molecule is CC1CCC(NC(=O)N(CCCl)N=O)CC1.COc1ccc2c(c1)OC1(O)COc3cc(OC)c(OC)cc3C1=C2. The van der Waals surface area contributed by atoms with E-state index in [1.807, 2.05) is 18.2 Å². The number of carbonyl (C=O) groups is 1. The van der Waals surface area contributed by atoms with E-state index < -0.39 is 11.8 Å². The minimum absolute atomic E-state index is 0.0298. The van der Waals surface area contributed by atoms with Gasteiger partial charge in [-0.05, 0) is 55.9 Å². The first-order valence-electron chi connectivity index (χ1n) is 13.4. The van der Waals surface area contributed by atoms with E-state index in [9.17, 15) is 14.8 Å². The van der Waals surface area contributed by atoms with Crippen molar-refractivity contribution in [3.63, 3.8) is 0 Å². The molecule has 41 heavy (non-hydrogen) atoms. The van der Waals surface area contributed by atoms with Crippen molar-refractivity contribution in [2.45, 2.75) is 44.4 Å². The molecule has 0 spiro atoms. The van der Waals surface area contributed by atoms with Crippen LogP contribution in [0.15, 0.2) is 35.6 Å². The first kappa shape index (κ1) is 30.3. The van der Waals surface area contributed by atoms with E-state index in [1.54, 1.807) is 39.5 Å². The number of hydrogen-bond acceptors (Lipinski definition) is 9. The molecule has 0 radical (unpaired) electrons. The number of urea groups is 1. The van der Waals surface area contributed by atoms with Gasteiger partial charge >= 0.3 is 6.03 Å². The number of carbonyl (C=O) groups excluding carboxylic acids is 1. The number of ether oxygens (including phenoxy) is 5. The fourth-order valence-corrected chi connectivity index (χ4v) is 5.19. The Hall–Kier alpha value is -3.70. The lowest BCUT2D eigenvalue weighted by Crippen LogP contribution is -2.47. The predicted octanol–water partition coefficient (Wildman–Crippen LogP) is 5.22. The molecule has 2 aromatic carbocycles. The molecule has 2 heterocycles. The van der Waals surface area contributed by atoms with Gasteiger partial charge in [-0.2, -0.15) is 5.01 Å². The molecule has 1 fully saturated rings. The number of nitrogens with one attached hydrogen (secondary N) is 1. The van der Waals surface area contributed by atoms with Gasteiger partial charge < -0.3 is 34.1 Å². The van der Waals surface area contributed by atoms with Crippen LogP contribution < -0.4 is 29.0 Å². The third-order valence-corrected chi connectivity index (χ3v) is 7.56. The lowest BCUT2D eigenvalue weighted by Gasteiger charge is -2.39. The van der Waals surface area contributed by atoms with Crippen LogP contribution in [0, 0.1) is 10.8 Å². The van der Waals surface area contributed by atoms with Crippen molar-refractivity contribution in [2.75, 3.05) is 40.4 Å². The molecule has 1 saturated carbocycles. The molecule has 2 aliphatic heterocycles. The number of benzene rings is 2. The summed E-state index contributed by atoms with van der Waals surface area (Å²) in [6, 6.07) is 8.73. The summed E-state index contributed by atoms with van der Waals surface area (Å²) in [5.74, 6) is 2.28. The van der Waals surface area contributed by atoms with Crippen molar-refractivity contribution in [1.29, 1.82) is 0 Å². The standard InChI is InChI=1S/C19H18O6.C10H18ClN3O2/c1-21-12-5-4-11-6-14-13-8-17(22-2)18(23-3)9-16(13)24-10-19(14,20)25-15(11)7-12;1-8-2-4-9(5-3-8)12-10(15)14(13-16)7-6-11/h4-9,20H,10H2,1-3H3;8-9H,2-7H2,1H3,(H,12,15). The van der Waals surface area contributed by atoms with Crippen LogP contribution in [0.4, 0.5) is 4.79 Å². The highest BCUT2D eigenvalue weighted by Gasteiger charge is 2.44. The van der Waals surface area contributed by atoms with Crippen LogP contribution >= 0.6 is 11.6 Å². The Morgan fingerprint density at radius 3 is 2.44 bits per heavy atom. The molecule has 0 saturated heterocycles. The predicted molar refractivity (Wildman–Crippen MR) is 155 cm³/mol. The van der Waals surface area contributed by atoms with Gasteiger partial charge in [-0.3, -0.25) is 0 Å². The van der Waals surface area contributed by atoms with Crippen LogP contribution in [-0.2, 0) is 0 Å². The zero-order chi connectivity index (χ0) is 29.6. The van der Waals surface area contributed by atoms with Gasteiger partial charge in [0, 0.05) is 40.8 Å². The molecule has 3 aliphatic rings. The molecule has 1 unspecified atom stereocenters. The van der Waals surface area contributed by atoms with Crippen molar-refractivity contribution in [3.05, 3.63) is 46.4 Å². The van der Waals surface area contributed by atoms with Crippen LogP contribution in [0.5, 0.6) is 28.7 Å². The molecule has 2 amide bonds. The number of methoxy groups -OCH3 is 3. The zero-order valence-electron chi connectivity index (χ0n) is 23.6. The monoisotopic (exact) mass is 589 g/mol. The summed E-state index contributed by atoms with van der Waals surface area (Å²) in [6.45, 7) is 2.34. The average Bonchev–Trinajstić information content (AvgIpc) is 2.99. The Balaban J connectivity index is 0.000000210. The number of fused-ring (bicyclic) bond motifs is 4. The molecule has 2 N–H and O–H groups in total. The van der Waals surface area contributed by atoms with E-state index >= 15 is 0 Å². The summed E-state index contributed by atoms with van der Waals surface area (Å²) in [5, 5.41) is 17.3. The van der Waals surface area contributed by atoms with Crippen LogP contribution in [0.1, 0.15) is 43.7 Å². The van der Waals surface area contributed by atoms with Crippen LogP contribution in [-0.4, -0.2) is 68.3 Å². The summed E-state index contributed by atoms with van der Waals surface area (Å²) >= 11 is 5.46. The second-order valence-electron chi connectivity index (χ2n) is 10.1. The Kier molecular flexibility index (Phi) is 9.82. The zero-order valence-corrected chi connectivity index (χ0v) is 24.4. The van der Waals surface area contributed by atoms with Gasteiger partial charge in [-0.15, -0.1) is 16.5 Å². The van der Waals surface area contributed by atoms with Gasteiger partial charge in [-0.1, -0.05) is 6.92 Å². The first-order valence-corrected chi connectivity index (χ1v) is 14.0. The molecule has 5 rings (SSSR count). The van der Waals surface area contributed by atoms with Crippen LogP contribution in [0.2, 0.25) is 0 Å². The molecule has 12 heteroatoms. The van der Waals surface area contributed by atoms with Crippen LogP contribution in [0.25, 0.3) is 11.6 Å². The highest BCUT2D eigenvalue weighted by molar-refractivity contribution is 6.18. The van der Waals surface area contributed by atoms with E-state index in [2.05, 4.69) is 17.5 Å². The number of rotatable bonds is 7. The third kappa shape index (κ3) is 6.79.